The molecule has 2 aromatic carbocycles. The van der Waals surface area contributed by atoms with Crippen LogP contribution in [0.2, 0.25) is 0 Å². The van der Waals surface area contributed by atoms with Crippen LogP contribution >= 0.6 is 12.2 Å². The van der Waals surface area contributed by atoms with Crippen molar-refractivity contribution in [3.05, 3.63) is 107 Å². The summed E-state index contributed by atoms with van der Waals surface area (Å²) in [7, 11) is -3.42. The van der Waals surface area contributed by atoms with Gasteiger partial charge in [-0.2, -0.15) is 0 Å². The standard InChI is InChI=1S/C28H27N5O4S2/c1-17-16-22(18(2)32(17)24-10-5-4-8-21(24)27(34)35)26-25(23-9-6-7-15-29-23)30-28(38)33(26)20-13-11-19(12-14-20)31-39(3,36)37/h4-16,25-26,31H,1-3H3,(H,30,38)(H,34,35)/t25-,26-/m1/s1. The van der Waals surface area contributed by atoms with Crippen LogP contribution in [0.15, 0.2) is 79.0 Å². The molecule has 2 aromatic heterocycles. The Labute approximate surface area is 232 Å². The van der Waals surface area contributed by atoms with Crippen molar-refractivity contribution in [2.45, 2.75) is 25.9 Å². The summed E-state index contributed by atoms with van der Waals surface area (Å²) in [6.07, 6.45) is 2.84. The third-order valence-electron chi connectivity index (χ3n) is 6.71. The molecule has 0 unspecified atom stereocenters. The van der Waals surface area contributed by atoms with Crippen molar-refractivity contribution in [2.75, 3.05) is 15.9 Å². The highest BCUT2D eigenvalue weighted by Crippen LogP contribution is 2.44. The number of aromatic nitrogens is 2. The Kier molecular flexibility index (Phi) is 6.87. The number of carboxylic acids is 1. The molecular weight excluding hydrogens is 534 g/mol. The quantitative estimate of drug-likeness (QED) is 0.277. The van der Waals surface area contributed by atoms with Crippen LogP contribution < -0.4 is 14.9 Å². The number of carboxylic acid groups (broad SMARTS) is 1. The van der Waals surface area contributed by atoms with E-state index in [4.69, 9.17) is 12.2 Å². The zero-order valence-electron chi connectivity index (χ0n) is 21.5. The molecule has 39 heavy (non-hydrogen) atoms. The van der Waals surface area contributed by atoms with E-state index in [1.54, 1.807) is 36.5 Å². The van der Waals surface area contributed by atoms with E-state index in [1.807, 2.05) is 59.7 Å². The average molecular weight is 562 g/mol. The highest BCUT2D eigenvalue weighted by molar-refractivity contribution is 7.92. The number of rotatable bonds is 7. The Morgan fingerprint density at radius 1 is 1.05 bits per heavy atom. The van der Waals surface area contributed by atoms with Crippen LogP contribution in [0, 0.1) is 13.8 Å². The van der Waals surface area contributed by atoms with E-state index in [9.17, 15) is 18.3 Å². The lowest BCUT2D eigenvalue weighted by Gasteiger charge is -2.28. The Balaban J connectivity index is 1.65. The van der Waals surface area contributed by atoms with E-state index < -0.39 is 16.0 Å². The van der Waals surface area contributed by atoms with Crippen molar-refractivity contribution in [1.29, 1.82) is 0 Å². The zero-order chi connectivity index (χ0) is 27.9. The molecule has 1 aliphatic rings. The Hall–Kier alpha value is -4.22. The molecule has 0 radical (unpaired) electrons. The predicted molar refractivity (Wildman–Crippen MR) is 155 cm³/mol. The van der Waals surface area contributed by atoms with Crippen LogP contribution in [-0.2, 0) is 10.0 Å². The van der Waals surface area contributed by atoms with Gasteiger partial charge in [0, 0.05) is 29.0 Å². The molecule has 1 aliphatic heterocycles. The molecule has 3 N–H and O–H groups in total. The van der Waals surface area contributed by atoms with Crippen molar-refractivity contribution < 1.29 is 18.3 Å². The second-order valence-electron chi connectivity index (χ2n) is 9.40. The lowest BCUT2D eigenvalue weighted by atomic mass is 9.96. The van der Waals surface area contributed by atoms with Crippen LogP contribution in [-0.4, -0.2) is 40.4 Å². The van der Waals surface area contributed by atoms with Gasteiger partial charge in [0.15, 0.2) is 5.11 Å². The van der Waals surface area contributed by atoms with E-state index in [-0.39, 0.29) is 17.6 Å². The van der Waals surface area contributed by atoms with Crippen LogP contribution in [0.1, 0.15) is 45.1 Å². The molecule has 11 heteroatoms. The SMILES string of the molecule is Cc1cc([C@@H]2[C@@H](c3ccccn3)NC(=S)N2c2ccc(NS(C)(=O)=O)cc2)c(C)n1-c1ccccc1C(=O)O. The normalized spacial score (nSPS) is 17.2. The third-order valence-corrected chi connectivity index (χ3v) is 7.63. The van der Waals surface area contributed by atoms with Crippen LogP contribution in [0.25, 0.3) is 5.69 Å². The first kappa shape index (κ1) is 26.4. The number of anilines is 2. The number of sulfonamides is 1. The number of nitrogens with zero attached hydrogens (tertiary/aromatic N) is 3. The first-order valence-electron chi connectivity index (χ1n) is 12.1. The Morgan fingerprint density at radius 2 is 1.74 bits per heavy atom. The minimum atomic E-state index is -3.42. The first-order chi connectivity index (χ1) is 18.5. The highest BCUT2D eigenvalue weighted by Gasteiger charge is 2.42. The van der Waals surface area contributed by atoms with E-state index in [2.05, 4.69) is 21.1 Å². The molecule has 4 aromatic rings. The van der Waals surface area contributed by atoms with Gasteiger partial charge in [0.2, 0.25) is 10.0 Å². The minimum Gasteiger partial charge on any atom is -0.478 e. The van der Waals surface area contributed by atoms with Crippen molar-refractivity contribution in [2.24, 2.45) is 0 Å². The molecule has 1 fully saturated rings. The van der Waals surface area contributed by atoms with Crippen molar-refractivity contribution in [3.8, 4) is 5.69 Å². The van der Waals surface area contributed by atoms with Gasteiger partial charge >= 0.3 is 5.97 Å². The monoisotopic (exact) mass is 561 g/mol. The van der Waals surface area contributed by atoms with E-state index in [1.165, 1.54) is 0 Å². The molecule has 0 aliphatic carbocycles. The molecule has 9 nitrogen and oxygen atoms in total. The van der Waals surface area contributed by atoms with Gasteiger partial charge in [0.1, 0.15) is 0 Å². The van der Waals surface area contributed by atoms with Crippen molar-refractivity contribution >= 4 is 44.7 Å². The minimum absolute atomic E-state index is 0.206. The summed E-state index contributed by atoms with van der Waals surface area (Å²) in [4.78, 5) is 18.6. The number of para-hydroxylation sites is 1. The lowest BCUT2D eigenvalue weighted by molar-refractivity contribution is 0.0697. The van der Waals surface area contributed by atoms with Crippen LogP contribution in [0.3, 0.4) is 0 Å². The molecule has 200 valence electrons. The van der Waals surface area contributed by atoms with E-state index in [0.717, 1.165) is 34.6 Å². The second kappa shape index (κ2) is 10.2. The van der Waals surface area contributed by atoms with Crippen LogP contribution in [0.5, 0.6) is 0 Å². The molecule has 0 bridgehead atoms. The number of pyridine rings is 1. The van der Waals surface area contributed by atoms with Crippen molar-refractivity contribution in [3.63, 3.8) is 0 Å². The highest BCUT2D eigenvalue weighted by atomic mass is 32.2. The summed E-state index contributed by atoms with van der Waals surface area (Å²) in [5, 5.41) is 13.8. The van der Waals surface area contributed by atoms with Gasteiger partial charge < -0.3 is 19.9 Å². The Morgan fingerprint density at radius 3 is 2.38 bits per heavy atom. The lowest BCUT2D eigenvalue weighted by Crippen LogP contribution is -2.29. The first-order valence-corrected chi connectivity index (χ1v) is 14.4. The number of aryl methyl sites for hydroxylation is 1. The van der Waals surface area contributed by atoms with Gasteiger partial charge in [0.25, 0.3) is 0 Å². The molecule has 1 saturated heterocycles. The summed E-state index contributed by atoms with van der Waals surface area (Å²) in [6.45, 7) is 3.91. The summed E-state index contributed by atoms with van der Waals surface area (Å²) in [5.74, 6) is -1.00. The summed E-state index contributed by atoms with van der Waals surface area (Å²) >= 11 is 5.82. The fourth-order valence-corrected chi connectivity index (χ4v) is 6.07. The molecule has 2 atom stereocenters. The Bertz CT molecular complexity index is 1670. The molecule has 3 heterocycles. The van der Waals surface area contributed by atoms with Gasteiger partial charge in [-0.1, -0.05) is 18.2 Å². The molecular formula is C28H27N5O4S2. The van der Waals surface area contributed by atoms with E-state index >= 15 is 0 Å². The topological polar surface area (TPSA) is 117 Å². The second-order valence-corrected chi connectivity index (χ2v) is 11.5. The maximum Gasteiger partial charge on any atom is 0.337 e. The fraction of sp³-hybridized carbons (Fsp3) is 0.179. The summed E-state index contributed by atoms with van der Waals surface area (Å²) in [5.41, 5.74) is 5.51. The largest absolute Gasteiger partial charge is 0.478 e. The number of benzene rings is 2. The van der Waals surface area contributed by atoms with Crippen LogP contribution in [0.4, 0.5) is 11.4 Å². The number of hydrogen-bond donors (Lipinski definition) is 3. The third kappa shape index (κ3) is 5.10. The zero-order valence-corrected chi connectivity index (χ0v) is 23.1. The van der Waals surface area contributed by atoms with Gasteiger partial charge in [-0.3, -0.25) is 9.71 Å². The fourth-order valence-electron chi connectivity index (χ4n) is 5.16. The molecule has 5 rings (SSSR count). The smallest absolute Gasteiger partial charge is 0.337 e. The van der Waals surface area contributed by atoms with E-state index in [0.29, 0.717) is 16.5 Å². The number of aromatic carboxylic acids is 1. The molecule has 0 spiro atoms. The number of thiocarbonyl (C=S) groups is 1. The van der Waals surface area contributed by atoms with Crippen molar-refractivity contribution in [1.82, 2.24) is 14.9 Å². The average Bonchev–Trinajstić information content (AvgIpc) is 3.39. The maximum absolute atomic E-state index is 12.0. The van der Waals surface area contributed by atoms with Gasteiger partial charge in [-0.15, -0.1) is 0 Å². The molecule has 0 saturated carbocycles. The predicted octanol–water partition coefficient (Wildman–Crippen LogP) is 4.74. The van der Waals surface area contributed by atoms with Gasteiger partial charge in [-0.05, 0) is 86.2 Å². The number of nitrogens with one attached hydrogen (secondary N) is 2. The van der Waals surface area contributed by atoms with Gasteiger partial charge in [-0.25, -0.2) is 13.2 Å². The van der Waals surface area contributed by atoms with Gasteiger partial charge in [0.05, 0.1) is 35.3 Å². The summed E-state index contributed by atoms with van der Waals surface area (Å²) < 4.78 is 27.8. The molecule has 0 amide bonds. The summed E-state index contributed by atoms with van der Waals surface area (Å²) in [6, 6.07) is 21.1. The number of hydrogen-bond acceptors (Lipinski definition) is 5. The maximum atomic E-state index is 12.0. The number of carbonyl (C=O) groups is 1.